The van der Waals surface area contributed by atoms with Crippen LogP contribution in [0.3, 0.4) is 0 Å². The van der Waals surface area contributed by atoms with Crippen molar-refractivity contribution < 1.29 is 71.7 Å². The second-order valence-corrected chi connectivity index (χ2v) is 12.1. The Kier molecular flexibility index (Phi) is 8.63. The maximum absolute atomic E-state index is 15.3. The van der Waals surface area contributed by atoms with Crippen LogP contribution in [-0.2, 0) is 31.6 Å². The first-order valence-corrected chi connectivity index (χ1v) is 14.8. The number of aliphatic hydroxyl groups excluding tert-OH is 1. The van der Waals surface area contributed by atoms with Gasteiger partial charge in [0.1, 0.15) is 16.9 Å². The summed E-state index contributed by atoms with van der Waals surface area (Å²) in [7, 11) is 0. The maximum atomic E-state index is 15.3. The number of rotatable bonds is 3. The first-order chi connectivity index (χ1) is 23.3. The molecule has 0 radical (unpaired) electrons. The van der Waals surface area contributed by atoms with E-state index in [0.29, 0.717) is 12.8 Å². The van der Waals surface area contributed by atoms with Gasteiger partial charge in [-0.15, -0.1) is 0 Å². The summed E-state index contributed by atoms with van der Waals surface area (Å²) in [6, 6.07) is 6.32. The van der Waals surface area contributed by atoms with Gasteiger partial charge in [-0.2, -0.15) is 26.3 Å². The highest BCUT2D eigenvalue weighted by molar-refractivity contribution is 5.77. The summed E-state index contributed by atoms with van der Waals surface area (Å²) in [5, 5.41) is 23.4. The molecule has 0 aromatic heterocycles. The average molecular weight is 727 g/mol. The van der Waals surface area contributed by atoms with E-state index in [1.165, 1.54) is 24.3 Å². The van der Waals surface area contributed by atoms with Gasteiger partial charge in [-0.25, -0.2) is 35.1 Å². The normalized spacial score (nSPS) is 19.4. The van der Waals surface area contributed by atoms with Gasteiger partial charge in [-0.1, -0.05) is 24.3 Å². The lowest BCUT2D eigenvalue weighted by Gasteiger charge is -2.39. The lowest BCUT2D eigenvalue weighted by molar-refractivity contribution is -0.144. The molecule has 266 valence electrons. The molecular formula is C34H20F14O2. The van der Waals surface area contributed by atoms with Crippen LogP contribution < -0.4 is 0 Å². The summed E-state index contributed by atoms with van der Waals surface area (Å²) in [6.07, 6.45) is -13.7. The fourth-order valence-electron chi connectivity index (χ4n) is 7.19. The molecule has 4 aromatic rings. The minimum atomic E-state index is -5.88. The van der Waals surface area contributed by atoms with Crippen molar-refractivity contribution in [3.8, 4) is 16.9 Å². The largest absolute Gasteiger partial charge is 0.507 e. The first-order valence-electron chi connectivity index (χ1n) is 14.8. The molecule has 0 spiro atoms. The van der Waals surface area contributed by atoms with Crippen LogP contribution in [0.2, 0.25) is 0 Å². The third-order valence-electron chi connectivity index (χ3n) is 9.33. The number of alkyl halides is 6. The molecule has 16 heteroatoms. The van der Waals surface area contributed by atoms with Crippen LogP contribution in [0, 0.1) is 46.5 Å². The Morgan fingerprint density at radius 3 is 1.64 bits per heavy atom. The molecule has 2 aliphatic rings. The summed E-state index contributed by atoms with van der Waals surface area (Å²) >= 11 is 0. The molecule has 0 saturated heterocycles. The number of hydrogen-bond acceptors (Lipinski definition) is 2. The summed E-state index contributed by atoms with van der Waals surface area (Å²) in [6.45, 7) is 0. The van der Waals surface area contributed by atoms with Crippen LogP contribution in [0.1, 0.15) is 69.2 Å². The van der Waals surface area contributed by atoms with E-state index in [2.05, 4.69) is 0 Å². The third-order valence-corrected chi connectivity index (χ3v) is 9.33. The Labute approximate surface area is 272 Å². The topological polar surface area (TPSA) is 40.5 Å². The molecule has 2 aliphatic carbocycles. The molecule has 6 rings (SSSR count). The predicted octanol–water partition coefficient (Wildman–Crippen LogP) is 9.92. The highest BCUT2D eigenvalue weighted by atomic mass is 19.4. The molecule has 0 heterocycles. The number of phenolic OH excluding ortho intramolecular Hbond substituents is 1. The molecule has 0 fully saturated rings. The Hall–Kier alpha value is -4.34. The molecule has 50 heavy (non-hydrogen) atoms. The van der Waals surface area contributed by atoms with E-state index >= 15 is 17.6 Å². The second kappa shape index (κ2) is 12.2. The van der Waals surface area contributed by atoms with Gasteiger partial charge in [0.25, 0.3) is 0 Å². The van der Waals surface area contributed by atoms with Crippen molar-refractivity contribution in [2.45, 2.75) is 62.4 Å². The Morgan fingerprint density at radius 2 is 1.10 bits per heavy atom. The van der Waals surface area contributed by atoms with E-state index < -0.39 is 122 Å². The van der Waals surface area contributed by atoms with Gasteiger partial charge >= 0.3 is 12.4 Å². The van der Waals surface area contributed by atoms with Crippen molar-refractivity contribution in [2.75, 3.05) is 0 Å². The number of aliphatic hydroxyl groups is 1. The van der Waals surface area contributed by atoms with Crippen molar-refractivity contribution >= 4 is 0 Å². The molecule has 2 N–H and O–H groups in total. The van der Waals surface area contributed by atoms with Gasteiger partial charge in [0.15, 0.2) is 46.5 Å². The monoisotopic (exact) mass is 726 g/mol. The van der Waals surface area contributed by atoms with E-state index in [1.54, 1.807) is 0 Å². The quantitative estimate of drug-likeness (QED) is 0.163. The standard InChI is InChI=1S/C34H20F14O2/c35-23-19(24(36)28(40)21(27(23)39)33(43,44)45)15-9-11-5-1-3-7-13(11)17(31(15)49)18-14-8-4-2-6-12(14)10-16(32(18)50)20-25(37)29(41)22(34(46,47)48)30(42)26(20)38/h1,3,5,7,10,15,17,31,49-50H,2,4,6,8-9H2/t15-,17?,31?/m0/s1. The second-order valence-electron chi connectivity index (χ2n) is 12.1. The van der Waals surface area contributed by atoms with Crippen molar-refractivity contribution in [3.63, 3.8) is 0 Å². The van der Waals surface area contributed by atoms with Crippen LogP contribution in [-0.4, -0.2) is 16.3 Å². The highest BCUT2D eigenvalue weighted by Crippen LogP contribution is 2.53. The molecule has 0 amide bonds. The lowest BCUT2D eigenvalue weighted by atomic mass is 9.67. The summed E-state index contributed by atoms with van der Waals surface area (Å²) < 4.78 is 200. The van der Waals surface area contributed by atoms with E-state index in [0.717, 1.165) is 6.07 Å². The average Bonchev–Trinajstić information content (AvgIpc) is 3.03. The van der Waals surface area contributed by atoms with Gasteiger partial charge in [0.2, 0.25) is 0 Å². The summed E-state index contributed by atoms with van der Waals surface area (Å²) in [5.74, 6) is -26.3. The van der Waals surface area contributed by atoms with Crippen LogP contribution in [0.15, 0.2) is 30.3 Å². The number of phenols is 1. The van der Waals surface area contributed by atoms with Gasteiger partial charge in [-0.3, -0.25) is 0 Å². The van der Waals surface area contributed by atoms with Gasteiger partial charge in [-0.05, 0) is 60.4 Å². The summed E-state index contributed by atoms with van der Waals surface area (Å²) in [4.78, 5) is 0. The van der Waals surface area contributed by atoms with Crippen molar-refractivity contribution in [1.29, 1.82) is 0 Å². The molecule has 0 saturated carbocycles. The number of halogens is 14. The third kappa shape index (κ3) is 5.37. The van der Waals surface area contributed by atoms with E-state index in [4.69, 9.17) is 0 Å². The van der Waals surface area contributed by atoms with Crippen LogP contribution in [0.4, 0.5) is 61.5 Å². The van der Waals surface area contributed by atoms with Crippen molar-refractivity contribution in [1.82, 2.24) is 0 Å². The Bertz CT molecular complexity index is 1990. The predicted molar refractivity (Wildman–Crippen MR) is 147 cm³/mol. The number of fused-ring (bicyclic) bond motifs is 2. The molecule has 4 aromatic carbocycles. The van der Waals surface area contributed by atoms with Gasteiger partial charge < -0.3 is 10.2 Å². The fourth-order valence-corrected chi connectivity index (χ4v) is 7.19. The zero-order valence-corrected chi connectivity index (χ0v) is 24.8. The molecule has 0 aliphatic heterocycles. The number of aromatic hydroxyl groups is 1. The number of aryl methyl sites for hydroxylation is 1. The highest BCUT2D eigenvalue weighted by Gasteiger charge is 2.48. The van der Waals surface area contributed by atoms with Crippen molar-refractivity contribution in [3.05, 3.63) is 121 Å². The number of hydrogen-bond donors (Lipinski definition) is 2. The lowest BCUT2D eigenvalue weighted by Crippen LogP contribution is -2.36. The minimum absolute atomic E-state index is 0.0571. The zero-order chi connectivity index (χ0) is 36.8. The fraction of sp³-hybridized carbons (Fsp3) is 0.294. The molecule has 2 unspecified atom stereocenters. The van der Waals surface area contributed by atoms with Crippen LogP contribution in [0.5, 0.6) is 5.75 Å². The van der Waals surface area contributed by atoms with Crippen LogP contribution in [0.25, 0.3) is 11.1 Å². The zero-order valence-electron chi connectivity index (χ0n) is 24.8. The minimum Gasteiger partial charge on any atom is -0.507 e. The molecular weight excluding hydrogens is 706 g/mol. The Morgan fingerprint density at radius 1 is 0.600 bits per heavy atom. The van der Waals surface area contributed by atoms with E-state index in [9.17, 15) is 54.1 Å². The van der Waals surface area contributed by atoms with Crippen molar-refractivity contribution in [2.24, 2.45) is 0 Å². The van der Waals surface area contributed by atoms with Gasteiger partial charge in [0, 0.05) is 28.5 Å². The molecule has 2 nitrogen and oxygen atoms in total. The SMILES string of the molecule is Oc1c(-c2c(F)c(F)c(C(F)(F)F)c(F)c2F)cc2c(c1C1c3ccccc3C[C@@H](c3c(F)c(F)c(C(F)(F)F)c(F)c3F)C1O)CCCC2. The van der Waals surface area contributed by atoms with E-state index in [1.807, 2.05) is 0 Å². The van der Waals surface area contributed by atoms with Crippen LogP contribution >= 0.6 is 0 Å². The number of benzene rings is 4. The smallest absolute Gasteiger partial charge is 0.422 e. The van der Waals surface area contributed by atoms with Gasteiger partial charge in [0.05, 0.1) is 11.7 Å². The molecule has 3 atom stereocenters. The van der Waals surface area contributed by atoms with E-state index in [-0.39, 0.29) is 35.1 Å². The first kappa shape index (κ1) is 35.5. The molecule has 0 bridgehead atoms. The summed E-state index contributed by atoms with van der Waals surface area (Å²) in [5.41, 5.74) is -10.2. The Balaban J connectivity index is 1.64. The maximum Gasteiger partial charge on any atom is 0.422 e.